The van der Waals surface area contributed by atoms with Gasteiger partial charge in [0.25, 0.3) is 11.8 Å². The lowest BCUT2D eigenvalue weighted by Gasteiger charge is -2.20. The molecule has 0 saturated carbocycles. The van der Waals surface area contributed by atoms with E-state index in [1.807, 2.05) is 0 Å². The van der Waals surface area contributed by atoms with Crippen LogP contribution in [0.3, 0.4) is 0 Å². The van der Waals surface area contributed by atoms with Crippen molar-refractivity contribution >= 4 is 34.0 Å². The summed E-state index contributed by atoms with van der Waals surface area (Å²) in [6.45, 7) is 2.14. The molecule has 1 aliphatic carbocycles. The molecule has 136 valence electrons. The third kappa shape index (κ3) is 3.31. The Kier molecular flexibility index (Phi) is 4.63. The molecule has 2 N–H and O–H groups in total. The van der Waals surface area contributed by atoms with E-state index in [2.05, 4.69) is 22.5 Å². The Bertz CT molecular complexity index is 862. The van der Waals surface area contributed by atoms with Crippen LogP contribution < -0.4 is 15.4 Å². The van der Waals surface area contributed by atoms with E-state index in [1.54, 1.807) is 29.5 Å². The van der Waals surface area contributed by atoms with Gasteiger partial charge in [0.05, 0.1) is 16.9 Å². The van der Waals surface area contributed by atoms with Gasteiger partial charge in [-0.1, -0.05) is 25.8 Å². The van der Waals surface area contributed by atoms with Crippen LogP contribution in [0, 0.1) is 5.92 Å². The van der Waals surface area contributed by atoms with Gasteiger partial charge in [-0.3, -0.25) is 14.9 Å². The number of carbonyl (C=O) groups excluding carboxylic acids is 2. The van der Waals surface area contributed by atoms with Crippen molar-refractivity contribution in [3.63, 3.8) is 0 Å². The van der Waals surface area contributed by atoms with E-state index in [-0.39, 0.29) is 18.4 Å². The lowest BCUT2D eigenvalue weighted by atomic mass is 9.88. The van der Waals surface area contributed by atoms with Gasteiger partial charge in [-0.15, -0.1) is 11.3 Å². The van der Waals surface area contributed by atoms with E-state index in [4.69, 9.17) is 4.74 Å². The fraction of sp³-hybridized carbons (Fsp3) is 0.421. The number of anilines is 2. The molecule has 0 fully saturated rings. The summed E-state index contributed by atoms with van der Waals surface area (Å²) in [5.41, 5.74) is 2.05. The summed E-state index contributed by atoms with van der Waals surface area (Å²) in [5, 5.41) is 6.25. The summed E-state index contributed by atoms with van der Waals surface area (Å²) in [6.07, 6.45) is 5.68. The topological polar surface area (TPSA) is 80.3 Å². The van der Waals surface area contributed by atoms with Crippen LogP contribution in [0.5, 0.6) is 5.75 Å². The molecular formula is C19H21N3O3S. The molecule has 6 nitrogen and oxygen atoms in total. The van der Waals surface area contributed by atoms with Gasteiger partial charge < -0.3 is 10.1 Å². The Labute approximate surface area is 156 Å². The third-order valence-corrected chi connectivity index (χ3v) is 5.88. The Morgan fingerprint density at radius 2 is 2.35 bits per heavy atom. The molecule has 2 aromatic rings. The minimum Gasteiger partial charge on any atom is -0.481 e. The number of aromatic nitrogens is 1. The predicted octanol–water partition coefficient (Wildman–Crippen LogP) is 3.63. The number of benzene rings is 1. The number of para-hydroxylation sites is 1. The fourth-order valence-electron chi connectivity index (χ4n) is 3.61. The van der Waals surface area contributed by atoms with Crippen molar-refractivity contribution in [1.29, 1.82) is 0 Å². The van der Waals surface area contributed by atoms with Crippen molar-refractivity contribution in [2.75, 3.05) is 17.2 Å². The maximum Gasteiger partial charge on any atom is 0.262 e. The molecule has 0 bridgehead atoms. The number of rotatable bonds is 4. The van der Waals surface area contributed by atoms with Gasteiger partial charge in [0, 0.05) is 4.88 Å². The molecular weight excluding hydrogens is 350 g/mol. The summed E-state index contributed by atoms with van der Waals surface area (Å²) in [4.78, 5) is 30.1. The second-order valence-corrected chi connectivity index (χ2v) is 7.84. The number of thiazole rings is 1. The minimum atomic E-state index is -0.269. The van der Waals surface area contributed by atoms with Crippen LogP contribution in [0.2, 0.25) is 0 Å². The van der Waals surface area contributed by atoms with Crippen molar-refractivity contribution < 1.29 is 14.3 Å². The van der Waals surface area contributed by atoms with E-state index in [1.165, 1.54) is 24.1 Å². The molecule has 0 radical (unpaired) electrons. The normalized spacial score (nSPS) is 18.3. The summed E-state index contributed by atoms with van der Waals surface area (Å²) >= 11 is 1.57. The third-order valence-electron chi connectivity index (χ3n) is 4.84. The van der Waals surface area contributed by atoms with Crippen LogP contribution >= 0.6 is 11.3 Å². The second kappa shape index (κ2) is 7.07. The highest BCUT2D eigenvalue weighted by molar-refractivity contribution is 7.15. The van der Waals surface area contributed by atoms with Crippen LogP contribution in [-0.2, 0) is 17.6 Å². The quantitative estimate of drug-likeness (QED) is 0.860. The zero-order chi connectivity index (χ0) is 18.1. The second-order valence-electron chi connectivity index (χ2n) is 6.76. The summed E-state index contributed by atoms with van der Waals surface area (Å²) in [7, 11) is 0. The van der Waals surface area contributed by atoms with Gasteiger partial charge in [-0.05, 0) is 37.3 Å². The number of fused-ring (bicyclic) bond motifs is 2. The molecule has 1 aliphatic heterocycles. The van der Waals surface area contributed by atoms with E-state index < -0.39 is 0 Å². The Balaban J connectivity index is 1.52. The zero-order valence-electron chi connectivity index (χ0n) is 14.6. The van der Waals surface area contributed by atoms with Gasteiger partial charge >= 0.3 is 0 Å². The lowest BCUT2D eigenvalue weighted by Crippen LogP contribution is -2.27. The number of carbonyl (C=O) groups is 2. The first-order chi connectivity index (χ1) is 12.6. The van der Waals surface area contributed by atoms with Gasteiger partial charge in [0.15, 0.2) is 17.5 Å². The molecule has 4 rings (SSSR count). The van der Waals surface area contributed by atoms with Crippen molar-refractivity contribution in [2.24, 2.45) is 5.92 Å². The molecule has 1 atom stereocenters. The lowest BCUT2D eigenvalue weighted by molar-refractivity contribution is -0.118. The zero-order valence-corrected chi connectivity index (χ0v) is 15.4. The molecule has 2 heterocycles. The van der Waals surface area contributed by atoms with Crippen LogP contribution in [0.1, 0.15) is 47.1 Å². The van der Waals surface area contributed by atoms with Gasteiger partial charge in [-0.2, -0.15) is 0 Å². The first kappa shape index (κ1) is 17.0. The van der Waals surface area contributed by atoms with Crippen molar-refractivity contribution in [1.82, 2.24) is 4.98 Å². The average Bonchev–Trinajstić information content (AvgIpc) is 3.02. The van der Waals surface area contributed by atoms with Gasteiger partial charge in [0.2, 0.25) is 0 Å². The van der Waals surface area contributed by atoms with Crippen LogP contribution in [0.4, 0.5) is 10.8 Å². The fourth-order valence-corrected chi connectivity index (χ4v) is 4.73. The number of nitrogens with one attached hydrogen (secondary N) is 2. The standard InChI is InChI=1S/C19H21N3O3S/c1-2-4-11-7-8-13-15(9-11)26-19(21-13)22-18(24)12-5-3-6-14-17(12)25-10-16(23)20-14/h3,5-6,11H,2,4,7-10H2,1H3,(H,20,23)(H,21,22,24). The Morgan fingerprint density at radius 3 is 3.19 bits per heavy atom. The highest BCUT2D eigenvalue weighted by atomic mass is 32.1. The SMILES string of the molecule is CCCC1CCc2nc(NC(=O)c3cccc4c3OCC(=O)N4)sc2C1. The van der Waals surface area contributed by atoms with E-state index in [0.717, 1.165) is 24.5 Å². The number of nitrogens with zero attached hydrogens (tertiary/aromatic N) is 1. The molecule has 0 spiro atoms. The minimum absolute atomic E-state index is 0.0817. The number of ether oxygens (including phenoxy) is 1. The first-order valence-corrected chi connectivity index (χ1v) is 9.81. The van der Waals surface area contributed by atoms with E-state index in [9.17, 15) is 9.59 Å². The van der Waals surface area contributed by atoms with E-state index >= 15 is 0 Å². The van der Waals surface area contributed by atoms with Crippen molar-refractivity contribution in [2.45, 2.75) is 39.0 Å². The smallest absolute Gasteiger partial charge is 0.262 e. The maximum atomic E-state index is 12.7. The predicted molar refractivity (Wildman–Crippen MR) is 101 cm³/mol. The molecule has 26 heavy (non-hydrogen) atoms. The molecule has 1 aromatic heterocycles. The molecule has 7 heteroatoms. The first-order valence-electron chi connectivity index (χ1n) is 8.99. The number of hydrogen-bond donors (Lipinski definition) is 2. The average molecular weight is 371 g/mol. The maximum absolute atomic E-state index is 12.7. The molecule has 0 saturated heterocycles. The monoisotopic (exact) mass is 371 g/mol. The molecule has 1 unspecified atom stereocenters. The summed E-state index contributed by atoms with van der Waals surface area (Å²) in [5.74, 6) is 0.655. The molecule has 2 amide bonds. The van der Waals surface area contributed by atoms with Crippen molar-refractivity contribution in [3.8, 4) is 5.75 Å². The summed E-state index contributed by atoms with van der Waals surface area (Å²) in [6, 6.07) is 5.14. The van der Waals surface area contributed by atoms with Gasteiger partial charge in [0.1, 0.15) is 0 Å². The van der Waals surface area contributed by atoms with Crippen LogP contribution in [0.25, 0.3) is 0 Å². The highest BCUT2D eigenvalue weighted by Gasteiger charge is 2.25. The largest absolute Gasteiger partial charge is 0.481 e. The van der Waals surface area contributed by atoms with Crippen LogP contribution in [0.15, 0.2) is 18.2 Å². The number of aryl methyl sites for hydroxylation is 1. The molecule has 2 aliphatic rings. The number of hydrogen-bond acceptors (Lipinski definition) is 5. The van der Waals surface area contributed by atoms with E-state index in [0.29, 0.717) is 22.1 Å². The summed E-state index contributed by atoms with van der Waals surface area (Å²) < 4.78 is 5.46. The number of amides is 2. The Morgan fingerprint density at radius 1 is 1.46 bits per heavy atom. The van der Waals surface area contributed by atoms with Crippen LogP contribution in [-0.4, -0.2) is 23.4 Å². The van der Waals surface area contributed by atoms with Gasteiger partial charge in [-0.25, -0.2) is 4.98 Å². The Hall–Kier alpha value is -2.41. The highest BCUT2D eigenvalue weighted by Crippen LogP contribution is 2.35. The molecule has 1 aromatic carbocycles. The van der Waals surface area contributed by atoms with Crippen molar-refractivity contribution in [3.05, 3.63) is 34.3 Å².